The van der Waals surface area contributed by atoms with E-state index in [1.165, 1.54) is 7.05 Å². The lowest BCUT2D eigenvalue weighted by molar-refractivity contribution is -0.112. The number of ether oxygens (including phenoxy) is 1. The highest BCUT2D eigenvalue weighted by atomic mass is 35.5. The molecule has 0 radical (unpaired) electrons. The maximum atomic E-state index is 11.2. The molecule has 0 aliphatic carbocycles. The number of likely N-dealkylation sites (N-methyl/N-ethyl adjacent to an activating group) is 1. The van der Waals surface area contributed by atoms with E-state index in [9.17, 15) is 9.59 Å². The van der Waals surface area contributed by atoms with Gasteiger partial charge in [0.2, 0.25) is 5.24 Å². The number of hydrogen-bond donors (Lipinski definition) is 0. The van der Waals surface area contributed by atoms with Crippen molar-refractivity contribution in [2.45, 2.75) is 26.4 Å². The summed E-state index contributed by atoms with van der Waals surface area (Å²) in [6.07, 6.45) is -0.554. The molecule has 0 atom stereocenters. The Bertz CT molecular complexity index is 210. The number of carbonyl (C=O) groups excluding carboxylic acids is 2. The van der Waals surface area contributed by atoms with E-state index in [-0.39, 0.29) is 6.54 Å². The van der Waals surface area contributed by atoms with Crippen LogP contribution in [-0.2, 0) is 9.53 Å². The maximum absolute atomic E-state index is 11.2. The number of rotatable bonds is 2. The van der Waals surface area contributed by atoms with Crippen molar-refractivity contribution in [1.82, 2.24) is 4.90 Å². The third-order valence-electron chi connectivity index (χ3n) is 1.07. The molecule has 4 nitrogen and oxygen atoms in total. The lowest BCUT2D eigenvalue weighted by Crippen LogP contribution is -2.36. The van der Waals surface area contributed by atoms with Gasteiger partial charge in [0.15, 0.2) is 0 Å². The molecule has 13 heavy (non-hydrogen) atoms. The smallest absolute Gasteiger partial charge is 0.410 e. The highest BCUT2D eigenvalue weighted by Crippen LogP contribution is 2.08. The molecule has 0 fully saturated rings. The first-order valence-corrected chi connectivity index (χ1v) is 4.22. The summed E-state index contributed by atoms with van der Waals surface area (Å²) in [5, 5.41) is -0.589. The predicted octanol–water partition coefficient (Wildman–Crippen LogP) is 1.62. The van der Waals surface area contributed by atoms with Gasteiger partial charge >= 0.3 is 6.09 Å². The third-order valence-corrected chi connectivity index (χ3v) is 1.19. The molecule has 0 rings (SSSR count). The van der Waals surface area contributed by atoms with Gasteiger partial charge in [-0.1, -0.05) is 0 Å². The zero-order valence-corrected chi connectivity index (χ0v) is 9.01. The Labute approximate surface area is 82.8 Å². The molecular weight excluding hydrogens is 194 g/mol. The van der Waals surface area contributed by atoms with E-state index in [0.717, 1.165) is 4.90 Å². The SMILES string of the molecule is CN(CC(=O)Cl)C(=O)OC(C)(C)C. The highest BCUT2D eigenvalue weighted by Gasteiger charge is 2.20. The normalized spacial score (nSPS) is 10.8. The first-order valence-electron chi connectivity index (χ1n) is 3.85. The lowest BCUT2D eigenvalue weighted by atomic mass is 10.2. The van der Waals surface area contributed by atoms with E-state index >= 15 is 0 Å². The van der Waals surface area contributed by atoms with Crippen LogP contribution in [0.4, 0.5) is 4.79 Å². The Morgan fingerprint density at radius 1 is 1.38 bits per heavy atom. The van der Waals surface area contributed by atoms with Gasteiger partial charge in [-0.15, -0.1) is 0 Å². The van der Waals surface area contributed by atoms with E-state index in [1.807, 2.05) is 0 Å². The van der Waals surface area contributed by atoms with Gasteiger partial charge in [0.05, 0.1) is 6.54 Å². The van der Waals surface area contributed by atoms with Crippen molar-refractivity contribution >= 4 is 22.9 Å². The van der Waals surface area contributed by atoms with Crippen LogP contribution < -0.4 is 0 Å². The molecule has 0 saturated carbocycles. The van der Waals surface area contributed by atoms with Gasteiger partial charge < -0.3 is 9.64 Å². The molecule has 0 aromatic heterocycles. The fourth-order valence-electron chi connectivity index (χ4n) is 0.591. The molecule has 0 aromatic rings. The second-order valence-corrected chi connectivity index (χ2v) is 4.11. The molecule has 0 aliphatic heterocycles. The van der Waals surface area contributed by atoms with E-state index in [2.05, 4.69) is 0 Å². The fourth-order valence-corrected chi connectivity index (χ4v) is 0.770. The Balaban J connectivity index is 4.05. The van der Waals surface area contributed by atoms with Crippen LogP contribution in [0.25, 0.3) is 0 Å². The molecule has 0 N–H and O–H groups in total. The first-order chi connectivity index (χ1) is 5.72. The number of hydrogen-bond acceptors (Lipinski definition) is 3. The van der Waals surface area contributed by atoms with Crippen LogP contribution in [0.5, 0.6) is 0 Å². The predicted molar refractivity (Wildman–Crippen MR) is 49.7 cm³/mol. The third kappa shape index (κ3) is 6.40. The minimum absolute atomic E-state index is 0.142. The summed E-state index contributed by atoms with van der Waals surface area (Å²) in [6, 6.07) is 0. The van der Waals surface area contributed by atoms with Gasteiger partial charge in [0.1, 0.15) is 5.60 Å². The van der Waals surface area contributed by atoms with Gasteiger partial charge in [-0.2, -0.15) is 0 Å². The fraction of sp³-hybridized carbons (Fsp3) is 0.750. The highest BCUT2D eigenvalue weighted by molar-refractivity contribution is 6.64. The second-order valence-electron chi connectivity index (χ2n) is 3.69. The van der Waals surface area contributed by atoms with E-state index in [4.69, 9.17) is 16.3 Å². The summed E-state index contributed by atoms with van der Waals surface area (Å²) >= 11 is 5.10. The number of halogens is 1. The van der Waals surface area contributed by atoms with Crippen molar-refractivity contribution in [2.24, 2.45) is 0 Å². The topological polar surface area (TPSA) is 46.6 Å². The Morgan fingerprint density at radius 3 is 2.15 bits per heavy atom. The number of amides is 1. The number of nitrogens with zero attached hydrogens (tertiary/aromatic N) is 1. The monoisotopic (exact) mass is 207 g/mol. The summed E-state index contributed by atoms with van der Waals surface area (Å²) in [5.74, 6) is 0. The largest absolute Gasteiger partial charge is 0.444 e. The second kappa shape index (κ2) is 4.46. The number of carbonyl (C=O) groups is 2. The van der Waals surface area contributed by atoms with Crippen molar-refractivity contribution in [3.8, 4) is 0 Å². The van der Waals surface area contributed by atoms with Crippen LogP contribution in [0.1, 0.15) is 20.8 Å². The minimum atomic E-state index is -0.589. The van der Waals surface area contributed by atoms with E-state index in [0.29, 0.717) is 0 Å². The van der Waals surface area contributed by atoms with Gasteiger partial charge in [-0.25, -0.2) is 4.79 Å². The first kappa shape index (κ1) is 12.2. The lowest BCUT2D eigenvalue weighted by Gasteiger charge is -2.23. The van der Waals surface area contributed by atoms with Gasteiger partial charge in [0, 0.05) is 7.05 Å². The molecule has 0 bridgehead atoms. The average Bonchev–Trinajstić information content (AvgIpc) is 1.81. The molecule has 76 valence electrons. The van der Waals surface area contributed by atoms with Crippen LogP contribution in [0, 0.1) is 0 Å². The van der Waals surface area contributed by atoms with Gasteiger partial charge in [-0.3, -0.25) is 4.79 Å². The van der Waals surface area contributed by atoms with Gasteiger partial charge in [-0.05, 0) is 32.4 Å². The molecule has 0 aliphatic rings. The van der Waals surface area contributed by atoms with Crippen LogP contribution in [-0.4, -0.2) is 35.4 Å². The summed E-state index contributed by atoms with van der Waals surface area (Å²) in [6.45, 7) is 5.11. The molecule has 0 heterocycles. The molecule has 0 spiro atoms. The zero-order chi connectivity index (χ0) is 10.6. The van der Waals surface area contributed by atoms with Crippen molar-refractivity contribution < 1.29 is 14.3 Å². The van der Waals surface area contributed by atoms with Crippen LogP contribution in [0.3, 0.4) is 0 Å². The zero-order valence-electron chi connectivity index (χ0n) is 8.26. The maximum Gasteiger partial charge on any atom is 0.410 e. The van der Waals surface area contributed by atoms with Crippen molar-refractivity contribution in [1.29, 1.82) is 0 Å². The Morgan fingerprint density at radius 2 is 1.85 bits per heavy atom. The molecular formula is C8H14ClNO3. The van der Waals surface area contributed by atoms with Crippen LogP contribution >= 0.6 is 11.6 Å². The minimum Gasteiger partial charge on any atom is -0.444 e. The standard InChI is InChI=1S/C8H14ClNO3/c1-8(2,3)13-7(12)10(4)5-6(9)11/h5H2,1-4H3. The summed E-state index contributed by atoms with van der Waals surface area (Å²) in [4.78, 5) is 22.8. The Kier molecular flexibility index (Phi) is 4.20. The molecule has 0 saturated heterocycles. The van der Waals surface area contributed by atoms with Crippen molar-refractivity contribution in [2.75, 3.05) is 13.6 Å². The summed E-state index contributed by atoms with van der Waals surface area (Å²) in [7, 11) is 1.45. The average molecular weight is 208 g/mol. The van der Waals surface area contributed by atoms with Crippen molar-refractivity contribution in [3.05, 3.63) is 0 Å². The summed E-state index contributed by atoms with van der Waals surface area (Å²) < 4.78 is 4.98. The molecule has 1 amide bonds. The van der Waals surface area contributed by atoms with Crippen LogP contribution in [0.15, 0.2) is 0 Å². The van der Waals surface area contributed by atoms with E-state index in [1.54, 1.807) is 20.8 Å². The van der Waals surface area contributed by atoms with Gasteiger partial charge in [0.25, 0.3) is 0 Å². The Hall–Kier alpha value is -0.770. The van der Waals surface area contributed by atoms with Crippen LogP contribution in [0.2, 0.25) is 0 Å². The molecule has 0 aromatic carbocycles. The summed E-state index contributed by atoms with van der Waals surface area (Å²) in [5.41, 5.74) is -0.555. The van der Waals surface area contributed by atoms with Crippen molar-refractivity contribution in [3.63, 3.8) is 0 Å². The molecule has 5 heteroatoms. The quantitative estimate of drug-likeness (QED) is 0.647. The molecule has 0 unspecified atom stereocenters. The van der Waals surface area contributed by atoms with E-state index < -0.39 is 16.9 Å².